The van der Waals surface area contributed by atoms with Gasteiger partial charge in [-0.3, -0.25) is 4.79 Å². The molecule has 0 bridgehead atoms. The van der Waals surface area contributed by atoms with Crippen LogP contribution >= 0.6 is 0 Å². The molecule has 13 heteroatoms. The largest absolute Gasteiger partial charge is 0.388 e. The lowest BCUT2D eigenvalue weighted by atomic mass is 9.77. The highest BCUT2D eigenvalue weighted by atomic mass is 32.2. The maximum Gasteiger partial charge on any atom is 0.311 e. The molecule has 8 unspecified atom stereocenters. The summed E-state index contributed by atoms with van der Waals surface area (Å²) in [7, 11) is -3.36. The topological polar surface area (TPSA) is 163 Å². The van der Waals surface area contributed by atoms with Crippen LogP contribution in [0.25, 0.3) is 11.1 Å². The second kappa shape index (κ2) is 15.0. The highest BCUT2D eigenvalue weighted by Crippen LogP contribution is 2.49. The summed E-state index contributed by atoms with van der Waals surface area (Å²) in [6.45, 7) is 0. The fraction of sp³-hybridized carbons (Fsp3) is 0.324. The third-order valence-electron chi connectivity index (χ3n) is 9.18. The Hall–Kier alpha value is -4.21. The summed E-state index contributed by atoms with van der Waals surface area (Å²) >= 11 is 0. The van der Waals surface area contributed by atoms with Crippen molar-refractivity contribution in [1.82, 2.24) is 0 Å². The number of hydrogen-bond acceptors (Lipinski definition) is 10. The lowest BCUT2D eigenvalue weighted by Gasteiger charge is -2.48. The van der Waals surface area contributed by atoms with Crippen LogP contribution in [0.2, 0.25) is 0 Å². The van der Waals surface area contributed by atoms with Gasteiger partial charge in [0.15, 0.2) is 6.29 Å². The van der Waals surface area contributed by atoms with Crippen LogP contribution in [0.3, 0.4) is 0 Å². The summed E-state index contributed by atoms with van der Waals surface area (Å²) in [6.07, 6.45) is -8.59. The molecule has 11 nitrogen and oxygen atoms in total. The number of rotatable bonds is 12. The Labute approximate surface area is 289 Å². The molecular weight excluding hydrogens is 669 g/mol. The zero-order valence-corrected chi connectivity index (χ0v) is 27.8. The van der Waals surface area contributed by atoms with Crippen LogP contribution in [0.5, 0.6) is 5.75 Å². The smallest absolute Gasteiger partial charge is 0.311 e. The van der Waals surface area contributed by atoms with E-state index in [4.69, 9.17) is 13.7 Å². The first-order valence-electron chi connectivity index (χ1n) is 16.1. The van der Waals surface area contributed by atoms with E-state index in [-0.39, 0.29) is 24.5 Å². The van der Waals surface area contributed by atoms with E-state index in [2.05, 4.69) is 0 Å². The van der Waals surface area contributed by atoms with Crippen LogP contribution < -0.4 is 9.08 Å². The van der Waals surface area contributed by atoms with Crippen molar-refractivity contribution in [1.29, 1.82) is 0 Å². The summed E-state index contributed by atoms with van der Waals surface area (Å²) in [5, 5.41) is 41.9. The normalized spacial score (nSPS) is 25.9. The van der Waals surface area contributed by atoms with Gasteiger partial charge in [0.1, 0.15) is 41.7 Å². The number of carbonyl (C=O) groups excluding carboxylic acids is 1. The number of hydrogen-bond donors (Lipinski definition) is 4. The highest BCUT2D eigenvalue weighted by Gasteiger charge is 2.50. The summed E-state index contributed by atoms with van der Waals surface area (Å²) in [6, 6.07) is 27.9. The van der Waals surface area contributed by atoms with Crippen LogP contribution in [0.1, 0.15) is 36.1 Å². The zero-order chi connectivity index (χ0) is 35.6. The molecule has 0 radical (unpaired) electrons. The number of aliphatic hydroxyl groups excluding tert-OH is 4. The summed E-state index contributed by atoms with van der Waals surface area (Å²) in [5.74, 6) is -2.31. The van der Waals surface area contributed by atoms with Crippen molar-refractivity contribution in [3.8, 4) is 16.9 Å². The number of halogens is 1. The van der Waals surface area contributed by atoms with Crippen LogP contribution in [0.4, 0.5) is 10.1 Å². The van der Waals surface area contributed by atoms with Crippen molar-refractivity contribution in [2.24, 2.45) is 5.92 Å². The first kappa shape index (κ1) is 35.6. The van der Waals surface area contributed by atoms with E-state index in [9.17, 15) is 38.0 Å². The van der Waals surface area contributed by atoms with Crippen LogP contribution in [-0.4, -0.2) is 78.3 Å². The predicted molar refractivity (Wildman–Crippen MR) is 181 cm³/mol. The van der Waals surface area contributed by atoms with Crippen molar-refractivity contribution in [2.75, 3.05) is 17.8 Å². The number of methoxy groups -OCH3 is 1. The van der Waals surface area contributed by atoms with Gasteiger partial charge in [-0.05, 0) is 59.9 Å². The van der Waals surface area contributed by atoms with Gasteiger partial charge < -0.3 is 39.0 Å². The third-order valence-corrected chi connectivity index (χ3v) is 10.3. The molecule has 1 amide bonds. The van der Waals surface area contributed by atoms with Gasteiger partial charge in [-0.15, -0.1) is 0 Å². The number of nitrogens with zero attached hydrogens (tertiary/aromatic N) is 1. The summed E-state index contributed by atoms with van der Waals surface area (Å²) in [4.78, 5) is 15.3. The number of benzene rings is 4. The van der Waals surface area contributed by atoms with E-state index in [1.54, 1.807) is 53.4 Å². The molecule has 2 aliphatic heterocycles. The van der Waals surface area contributed by atoms with Crippen LogP contribution in [0.15, 0.2) is 103 Å². The molecule has 8 atom stereocenters. The molecule has 0 saturated carbocycles. The molecule has 6 rings (SSSR count). The van der Waals surface area contributed by atoms with Crippen molar-refractivity contribution in [3.63, 3.8) is 0 Å². The summed E-state index contributed by atoms with van der Waals surface area (Å²) in [5.41, 5.74) is 2.86. The molecule has 2 saturated heterocycles. The number of amides is 1. The SMILES string of the molecule is COC1OC(CS(=O)(=O)Oc2cc(-c3ccccc3)ccc2C2C(CCC(O)c3ccc(F)cc3)C(=O)N2c2ccccc2)C(O)C(O)C1O. The lowest BCUT2D eigenvalue weighted by molar-refractivity contribution is -0.285. The fourth-order valence-electron chi connectivity index (χ4n) is 6.53. The average Bonchev–Trinajstić information content (AvgIpc) is 3.11. The average molecular weight is 708 g/mol. The lowest BCUT2D eigenvalue weighted by Crippen LogP contribution is -2.59. The van der Waals surface area contributed by atoms with Gasteiger partial charge in [-0.25, -0.2) is 4.39 Å². The molecule has 264 valence electrons. The first-order valence-corrected chi connectivity index (χ1v) is 17.7. The van der Waals surface area contributed by atoms with Gasteiger partial charge >= 0.3 is 10.1 Å². The maximum atomic E-state index is 13.8. The minimum absolute atomic E-state index is 0.0666. The van der Waals surface area contributed by atoms with Gasteiger partial charge in [0.25, 0.3) is 0 Å². The molecule has 4 N–H and O–H groups in total. The van der Waals surface area contributed by atoms with Gasteiger partial charge in [0.05, 0.1) is 18.1 Å². The van der Waals surface area contributed by atoms with Gasteiger partial charge in [0, 0.05) is 18.4 Å². The number of carbonyl (C=O) groups is 1. The quantitative estimate of drug-likeness (QED) is 0.126. The molecule has 2 heterocycles. The standard InChI is InChI=1S/C37H38FNO10S/c1-47-37-35(43)34(42)33(41)31(48-37)21-50(45,46)49-30-20-24(22-8-4-2-5-9-22)14-17-27(30)32-28(36(44)39(32)26-10-6-3-7-11-26)18-19-29(40)23-12-15-25(38)16-13-23/h2-17,20,28-29,31-35,37,40-43H,18-19,21H2,1H3. The van der Waals surface area contributed by atoms with E-state index < -0.39 is 70.5 Å². The van der Waals surface area contributed by atoms with E-state index in [0.29, 0.717) is 22.4 Å². The fourth-order valence-corrected chi connectivity index (χ4v) is 7.70. The van der Waals surface area contributed by atoms with Crippen molar-refractivity contribution in [3.05, 3.63) is 120 Å². The third kappa shape index (κ3) is 7.44. The van der Waals surface area contributed by atoms with Crippen molar-refractivity contribution >= 4 is 21.7 Å². The first-order chi connectivity index (χ1) is 24.0. The molecule has 0 spiro atoms. The highest BCUT2D eigenvalue weighted by molar-refractivity contribution is 7.87. The van der Waals surface area contributed by atoms with E-state index in [1.165, 1.54) is 31.4 Å². The summed E-state index contributed by atoms with van der Waals surface area (Å²) < 4.78 is 57.1. The monoisotopic (exact) mass is 707 g/mol. The molecule has 4 aromatic rings. The molecule has 4 aromatic carbocycles. The van der Waals surface area contributed by atoms with Gasteiger partial charge in [0.2, 0.25) is 5.91 Å². The Morgan fingerprint density at radius 1 is 0.860 bits per heavy atom. The number of ether oxygens (including phenoxy) is 2. The second-order valence-corrected chi connectivity index (χ2v) is 14.0. The van der Waals surface area contributed by atoms with Gasteiger partial charge in [-0.1, -0.05) is 72.8 Å². The van der Waals surface area contributed by atoms with Gasteiger partial charge in [-0.2, -0.15) is 8.42 Å². The molecule has 50 heavy (non-hydrogen) atoms. The Morgan fingerprint density at radius 3 is 2.18 bits per heavy atom. The number of anilines is 1. The molecule has 0 aromatic heterocycles. The van der Waals surface area contributed by atoms with Crippen molar-refractivity contribution in [2.45, 2.75) is 55.7 Å². The Kier molecular flexibility index (Phi) is 10.6. The Bertz CT molecular complexity index is 1880. The minimum atomic E-state index is -4.56. The van der Waals surface area contributed by atoms with E-state index >= 15 is 0 Å². The molecular formula is C37H38FNO10S. The Morgan fingerprint density at radius 2 is 1.52 bits per heavy atom. The number of β-lactam (4-membered cyclic amide) rings is 1. The maximum absolute atomic E-state index is 13.8. The van der Waals surface area contributed by atoms with Crippen LogP contribution in [0, 0.1) is 11.7 Å². The molecule has 0 aliphatic carbocycles. The zero-order valence-electron chi connectivity index (χ0n) is 27.0. The second-order valence-electron chi connectivity index (χ2n) is 12.4. The molecule has 2 aliphatic rings. The minimum Gasteiger partial charge on any atom is -0.388 e. The van der Waals surface area contributed by atoms with E-state index in [0.717, 1.165) is 5.56 Å². The van der Waals surface area contributed by atoms with Crippen LogP contribution in [-0.2, 0) is 24.4 Å². The number of para-hydroxylation sites is 1. The van der Waals surface area contributed by atoms with E-state index in [1.807, 2.05) is 30.3 Å². The Balaban J connectivity index is 1.35. The molecule has 2 fully saturated rings. The number of aliphatic hydroxyl groups is 4. The predicted octanol–water partition coefficient (Wildman–Crippen LogP) is 3.87. The van der Waals surface area contributed by atoms with Crippen molar-refractivity contribution < 1.29 is 51.7 Å².